The first-order valence-corrected chi connectivity index (χ1v) is 2.92. The van der Waals surface area contributed by atoms with Crippen molar-refractivity contribution < 1.29 is 5.11 Å². The standard InChI is InChI=1S/C7H11NO/c1-6(2)3-7(4-8)5-9/h3,6,9H,5H2,1-2H3/b7-3-. The Balaban J connectivity index is 3.96. The zero-order valence-electron chi connectivity index (χ0n) is 5.76. The largest absolute Gasteiger partial charge is 0.391 e. The lowest BCUT2D eigenvalue weighted by Gasteiger charge is -1.94. The van der Waals surface area contributed by atoms with Crippen molar-refractivity contribution in [1.29, 1.82) is 5.26 Å². The Morgan fingerprint density at radius 2 is 2.33 bits per heavy atom. The molecule has 0 aliphatic carbocycles. The Morgan fingerprint density at radius 3 is 2.44 bits per heavy atom. The van der Waals surface area contributed by atoms with Crippen LogP contribution in [0.4, 0.5) is 0 Å². The van der Waals surface area contributed by atoms with Crippen LogP contribution in [-0.2, 0) is 0 Å². The summed E-state index contributed by atoms with van der Waals surface area (Å²) >= 11 is 0. The lowest BCUT2D eigenvalue weighted by Crippen LogP contribution is -1.89. The average Bonchev–Trinajstić information content (AvgIpc) is 1.82. The molecule has 0 rings (SSSR count). The van der Waals surface area contributed by atoms with Crippen molar-refractivity contribution in [3.63, 3.8) is 0 Å². The monoisotopic (exact) mass is 125 g/mol. The van der Waals surface area contributed by atoms with E-state index in [9.17, 15) is 0 Å². The molecular weight excluding hydrogens is 114 g/mol. The van der Waals surface area contributed by atoms with Crippen LogP contribution in [0, 0.1) is 17.2 Å². The van der Waals surface area contributed by atoms with Crippen LogP contribution in [0.1, 0.15) is 13.8 Å². The first kappa shape index (κ1) is 8.19. The van der Waals surface area contributed by atoms with Crippen LogP contribution in [0.25, 0.3) is 0 Å². The van der Waals surface area contributed by atoms with Crippen molar-refractivity contribution in [3.8, 4) is 6.07 Å². The highest BCUT2D eigenvalue weighted by Gasteiger charge is 1.92. The van der Waals surface area contributed by atoms with Gasteiger partial charge >= 0.3 is 0 Å². The van der Waals surface area contributed by atoms with E-state index >= 15 is 0 Å². The number of hydrogen-bond acceptors (Lipinski definition) is 2. The van der Waals surface area contributed by atoms with Crippen LogP contribution in [0.15, 0.2) is 11.6 Å². The summed E-state index contributed by atoms with van der Waals surface area (Å²) in [4.78, 5) is 0. The Labute approximate surface area is 55.4 Å². The van der Waals surface area contributed by atoms with Gasteiger partial charge in [0.25, 0.3) is 0 Å². The topological polar surface area (TPSA) is 44.0 Å². The fourth-order valence-corrected chi connectivity index (χ4v) is 0.528. The Hall–Kier alpha value is -0.810. The number of rotatable bonds is 2. The molecule has 0 aromatic heterocycles. The second-order valence-corrected chi connectivity index (χ2v) is 2.21. The molecule has 9 heavy (non-hydrogen) atoms. The van der Waals surface area contributed by atoms with Gasteiger partial charge in [-0.2, -0.15) is 5.26 Å². The summed E-state index contributed by atoms with van der Waals surface area (Å²) < 4.78 is 0. The van der Waals surface area contributed by atoms with E-state index in [4.69, 9.17) is 10.4 Å². The van der Waals surface area contributed by atoms with Gasteiger partial charge in [-0.25, -0.2) is 0 Å². The van der Waals surface area contributed by atoms with Crippen molar-refractivity contribution in [1.82, 2.24) is 0 Å². The predicted octanol–water partition coefficient (Wildman–Crippen LogP) is 1.08. The molecule has 0 unspecified atom stereocenters. The highest BCUT2D eigenvalue weighted by molar-refractivity contribution is 5.20. The van der Waals surface area contributed by atoms with Gasteiger partial charge in [0.1, 0.15) is 0 Å². The summed E-state index contributed by atoms with van der Waals surface area (Å²) in [5.41, 5.74) is 0.449. The molecular formula is C7H11NO. The van der Waals surface area contributed by atoms with Crippen molar-refractivity contribution in [3.05, 3.63) is 11.6 Å². The fourth-order valence-electron chi connectivity index (χ4n) is 0.528. The number of hydrogen-bond donors (Lipinski definition) is 1. The highest BCUT2D eigenvalue weighted by atomic mass is 16.3. The summed E-state index contributed by atoms with van der Waals surface area (Å²) in [6.45, 7) is 3.79. The molecule has 0 heterocycles. The zero-order valence-corrected chi connectivity index (χ0v) is 5.76. The minimum absolute atomic E-state index is 0.144. The Morgan fingerprint density at radius 1 is 1.78 bits per heavy atom. The maximum atomic E-state index is 8.48. The molecule has 0 amide bonds. The molecule has 0 saturated heterocycles. The molecule has 0 spiro atoms. The van der Waals surface area contributed by atoms with Gasteiger partial charge in [-0.3, -0.25) is 0 Å². The fraction of sp³-hybridized carbons (Fsp3) is 0.571. The maximum Gasteiger partial charge on any atom is 0.0968 e. The van der Waals surface area contributed by atoms with E-state index in [0.29, 0.717) is 11.5 Å². The van der Waals surface area contributed by atoms with Crippen LogP contribution in [0.3, 0.4) is 0 Å². The van der Waals surface area contributed by atoms with Gasteiger partial charge in [-0.05, 0) is 5.92 Å². The molecule has 2 nitrogen and oxygen atoms in total. The van der Waals surface area contributed by atoms with Gasteiger partial charge < -0.3 is 5.11 Å². The second kappa shape index (κ2) is 4.11. The number of aliphatic hydroxyl groups excluding tert-OH is 1. The van der Waals surface area contributed by atoms with Gasteiger partial charge in [0.05, 0.1) is 18.2 Å². The van der Waals surface area contributed by atoms with E-state index in [1.807, 2.05) is 19.9 Å². The molecule has 2 heteroatoms. The summed E-state index contributed by atoms with van der Waals surface area (Å²) in [6, 6.07) is 1.89. The normalized spacial score (nSPS) is 11.7. The SMILES string of the molecule is CC(C)/C=C(/C#N)CO. The molecule has 0 saturated carbocycles. The third-order valence-electron chi connectivity index (χ3n) is 0.848. The van der Waals surface area contributed by atoms with Gasteiger partial charge in [0.2, 0.25) is 0 Å². The number of aliphatic hydroxyl groups is 1. The number of allylic oxidation sites excluding steroid dienone is 1. The summed E-state index contributed by atoms with van der Waals surface area (Å²) in [6.07, 6.45) is 1.75. The van der Waals surface area contributed by atoms with Crippen molar-refractivity contribution in [2.24, 2.45) is 5.92 Å². The quantitative estimate of drug-likeness (QED) is 0.561. The predicted molar refractivity (Wildman–Crippen MR) is 35.6 cm³/mol. The van der Waals surface area contributed by atoms with Gasteiger partial charge in [-0.15, -0.1) is 0 Å². The first-order valence-electron chi connectivity index (χ1n) is 2.92. The lowest BCUT2D eigenvalue weighted by molar-refractivity contribution is 0.335. The minimum atomic E-state index is -0.144. The number of nitriles is 1. The smallest absolute Gasteiger partial charge is 0.0968 e. The zero-order chi connectivity index (χ0) is 7.28. The van der Waals surface area contributed by atoms with E-state index in [-0.39, 0.29) is 6.61 Å². The summed E-state index contributed by atoms with van der Waals surface area (Å²) in [7, 11) is 0. The van der Waals surface area contributed by atoms with Crippen LogP contribution >= 0.6 is 0 Å². The van der Waals surface area contributed by atoms with Crippen molar-refractivity contribution in [2.75, 3.05) is 6.61 Å². The molecule has 50 valence electrons. The Kier molecular flexibility index (Phi) is 3.74. The van der Waals surface area contributed by atoms with E-state index in [1.165, 1.54) is 0 Å². The van der Waals surface area contributed by atoms with Crippen LogP contribution < -0.4 is 0 Å². The van der Waals surface area contributed by atoms with Crippen LogP contribution in [0.5, 0.6) is 0 Å². The van der Waals surface area contributed by atoms with Crippen LogP contribution in [-0.4, -0.2) is 11.7 Å². The van der Waals surface area contributed by atoms with Gasteiger partial charge in [0.15, 0.2) is 0 Å². The second-order valence-electron chi connectivity index (χ2n) is 2.21. The molecule has 0 bridgehead atoms. The van der Waals surface area contributed by atoms with Crippen molar-refractivity contribution in [2.45, 2.75) is 13.8 Å². The molecule has 1 N–H and O–H groups in total. The van der Waals surface area contributed by atoms with Gasteiger partial charge in [0, 0.05) is 0 Å². The van der Waals surface area contributed by atoms with Crippen molar-refractivity contribution >= 4 is 0 Å². The molecule has 0 aliphatic heterocycles. The first-order chi connectivity index (χ1) is 4.20. The molecule has 0 fully saturated rings. The molecule has 0 aromatic rings. The van der Waals surface area contributed by atoms with E-state index in [2.05, 4.69) is 0 Å². The van der Waals surface area contributed by atoms with E-state index in [1.54, 1.807) is 6.08 Å². The lowest BCUT2D eigenvalue weighted by atomic mass is 10.1. The third kappa shape index (κ3) is 3.75. The minimum Gasteiger partial charge on any atom is -0.391 e. The average molecular weight is 125 g/mol. The Bertz CT molecular complexity index is 141. The van der Waals surface area contributed by atoms with E-state index < -0.39 is 0 Å². The molecule has 0 atom stereocenters. The van der Waals surface area contributed by atoms with Gasteiger partial charge in [-0.1, -0.05) is 19.9 Å². The van der Waals surface area contributed by atoms with Crippen LogP contribution in [0.2, 0.25) is 0 Å². The molecule has 0 aliphatic rings. The highest BCUT2D eigenvalue weighted by Crippen LogP contribution is 1.99. The third-order valence-corrected chi connectivity index (χ3v) is 0.848. The summed E-state index contributed by atoms with van der Waals surface area (Å²) in [5.74, 6) is 0.340. The van der Waals surface area contributed by atoms with E-state index in [0.717, 1.165) is 0 Å². The number of nitrogens with zero attached hydrogens (tertiary/aromatic N) is 1. The summed E-state index contributed by atoms with van der Waals surface area (Å²) in [5, 5.41) is 16.8. The molecule has 0 radical (unpaired) electrons. The molecule has 0 aromatic carbocycles. The maximum absolute atomic E-state index is 8.48.